The highest BCUT2D eigenvalue weighted by molar-refractivity contribution is 9.10. The number of rotatable bonds is 5. The Kier molecular flexibility index (Phi) is 4.53. The Balaban J connectivity index is 2.37. The van der Waals surface area contributed by atoms with Gasteiger partial charge in [-0.1, -0.05) is 0 Å². The van der Waals surface area contributed by atoms with Crippen molar-refractivity contribution < 1.29 is 9.53 Å². The third-order valence-corrected chi connectivity index (χ3v) is 3.61. The van der Waals surface area contributed by atoms with Gasteiger partial charge in [0.05, 0.1) is 18.9 Å². The van der Waals surface area contributed by atoms with Crippen LogP contribution in [0.1, 0.15) is 13.3 Å². The molecule has 0 saturated carbocycles. The molecule has 0 bridgehead atoms. The van der Waals surface area contributed by atoms with Crippen LogP contribution in [-0.4, -0.2) is 45.9 Å². The van der Waals surface area contributed by atoms with E-state index >= 15 is 0 Å². The molecule has 0 aliphatic rings. The van der Waals surface area contributed by atoms with E-state index in [2.05, 4.69) is 35.7 Å². The van der Waals surface area contributed by atoms with Gasteiger partial charge in [0.15, 0.2) is 5.65 Å². The molecule has 0 spiro atoms. The standard InChI is InChI=1S/C12H16BrN5O2/c1-4-18(6-5-8(19)20-3)12-9-10(13)16-17(2)11(9)14-7-15-12/h7H,4-6H2,1-3H3. The van der Waals surface area contributed by atoms with Gasteiger partial charge in [0.25, 0.3) is 0 Å². The highest BCUT2D eigenvalue weighted by atomic mass is 79.9. The van der Waals surface area contributed by atoms with Crippen LogP contribution in [-0.2, 0) is 16.6 Å². The van der Waals surface area contributed by atoms with Gasteiger partial charge in [0.1, 0.15) is 16.7 Å². The van der Waals surface area contributed by atoms with Crippen molar-refractivity contribution in [2.75, 3.05) is 25.1 Å². The van der Waals surface area contributed by atoms with Gasteiger partial charge < -0.3 is 9.64 Å². The van der Waals surface area contributed by atoms with E-state index in [4.69, 9.17) is 0 Å². The van der Waals surface area contributed by atoms with E-state index in [1.165, 1.54) is 13.4 Å². The van der Waals surface area contributed by atoms with E-state index < -0.39 is 0 Å². The molecular formula is C12H16BrN5O2. The average molecular weight is 342 g/mol. The lowest BCUT2D eigenvalue weighted by atomic mass is 10.3. The van der Waals surface area contributed by atoms with Gasteiger partial charge in [0, 0.05) is 20.1 Å². The summed E-state index contributed by atoms with van der Waals surface area (Å²) in [5, 5.41) is 5.14. The molecule has 8 heteroatoms. The minimum Gasteiger partial charge on any atom is -0.469 e. The van der Waals surface area contributed by atoms with E-state index in [0.717, 1.165) is 23.4 Å². The fourth-order valence-electron chi connectivity index (χ4n) is 2.01. The van der Waals surface area contributed by atoms with E-state index in [-0.39, 0.29) is 5.97 Å². The summed E-state index contributed by atoms with van der Waals surface area (Å²) in [7, 11) is 3.22. The van der Waals surface area contributed by atoms with Crippen molar-refractivity contribution in [3.63, 3.8) is 0 Å². The Morgan fingerprint density at radius 3 is 2.90 bits per heavy atom. The zero-order chi connectivity index (χ0) is 14.7. The number of aromatic nitrogens is 4. The molecule has 0 fully saturated rings. The summed E-state index contributed by atoms with van der Waals surface area (Å²) in [6.07, 6.45) is 1.82. The van der Waals surface area contributed by atoms with Gasteiger partial charge in [-0.3, -0.25) is 4.79 Å². The van der Waals surface area contributed by atoms with E-state index in [1.807, 2.05) is 18.9 Å². The van der Waals surface area contributed by atoms with Crippen molar-refractivity contribution in [1.29, 1.82) is 0 Å². The molecular weight excluding hydrogens is 326 g/mol. The van der Waals surface area contributed by atoms with Crippen LogP contribution in [0.4, 0.5) is 5.82 Å². The number of esters is 1. The number of nitrogens with zero attached hydrogens (tertiary/aromatic N) is 5. The molecule has 2 aromatic rings. The van der Waals surface area contributed by atoms with Crippen LogP contribution in [0.15, 0.2) is 10.9 Å². The number of carbonyl (C=O) groups is 1. The second-order valence-corrected chi connectivity index (χ2v) is 4.97. The second-order valence-electron chi connectivity index (χ2n) is 4.22. The number of methoxy groups -OCH3 is 1. The van der Waals surface area contributed by atoms with Gasteiger partial charge in [-0.05, 0) is 22.9 Å². The smallest absolute Gasteiger partial charge is 0.307 e. The summed E-state index contributed by atoms with van der Waals surface area (Å²) < 4.78 is 7.06. The number of ether oxygens (including phenoxy) is 1. The van der Waals surface area contributed by atoms with Crippen LogP contribution in [0.25, 0.3) is 11.0 Å². The lowest BCUT2D eigenvalue weighted by Crippen LogP contribution is -2.27. The summed E-state index contributed by atoms with van der Waals surface area (Å²) in [6, 6.07) is 0. The minimum absolute atomic E-state index is 0.237. The molecule has 0 amide bonds. The summed E-state index contributed by atoms with van der Waals surface area (Å²) in [5.74, 6) is 0.528. The van der Waals surface area contributed by atoms with Crippen molar-refractivity contribution in [3.05, 3.63) is 10.9 Å². The van der Waals surface area contributed by atoms with Crippen LogP contribution in [0.3, 0.4) is 0 Å². The molecule has 0 aliphatic heterocycles. The third-order valence-electron chi connectivity index (χ3n) is 3.05. The SMILES string of the molecule is CCN(CCC(=O)OC)c1ncnc2c1c(Br)nn2C. The Morgan fingerprint density at radius 2 is 2.25 bits per heavy atom. The molecule has 0 atom stereocenters. The van der Waals surface area contributed by atoms with Gasteiger partial charge in [0.2, 0.25) is 0 Å². The van der Waals surface area contributed by atoms with Crippen LogP contribution in [0, 0.1) is 0 Å². The molecule has 0 saturated heterocycles. The monoisotopic (exact) mass is 341 g/mol. The predicted molar refractivity (Wildman–Crippen MR) is 78.5 cm³/mol. The Morgan fingerprint density at radius 1 is 1.50 bits per heavy atom. The highest BCUT2D eigenvalue weighted by Gasteiger charge is 2.18. The zero-order valence-corrected chi connectivity index (χ0v) is 13.2. The largest absolute Gasteiger partial charge is 0.469 e. The molecule has 0 unspecified atom stereocenters. The molecule has 0 aromatic carbocycles. The molecule has 108 valence electrons. The van der Waals surface area contributed by atoms with Crippen molar-refractivity contribution in [1.82, 2.24) is 19.7 Å². The topological polar surface area (TPSA) is 73.1 Å². The lowest BCUT2D eigenvalue weighted by Gasteiger charge is -2.21. The Bertz CT molecular complexity index is 628. The van der Waals surface area contributed by atoms with Crippen LogP contribution in [0.2, 0.25) is 0 Å². The molecule has 0 radical (unpaired) electrons. The normalized spacial score (nSPS) is 10.8. The first-order valence-corrected chi connectivity index (χ1v) is 7.02. The van der Waals surface area contributed by atoms with Crippen molar-refractivity contribution in [3.8, 4) is 0 Å². The molecule has 0 N–H and O–H groups in total. The molecule has 2 aromatic heterocycles. The molecule has 2 rings (SSSR count). The summed E-state index contributed by atoms with van der Waals surface area (Å²) in [4.78, 5) is 21.9. The number of anilines is 1. The quantitative estimate of drug-likeness (QED) is 0.767. The second kappa shape index (κ2) is 6.17. The van der Waals surface area contributed by atoms with Gasteiger partial charge >= 0.3 is 5.97 Å². The predicted octanol–water partition coefficient (Wildman–Crippen LogP) is 1.52. The molecule has 0 aliphatic carbocycles. The number of fused-ring (bicyclic) bond motifs is 1. The minimum atomic E-state index is -0.237. The number of carbonyl (C=O) groups excluding carboxylic acids is 1. The van der Waals surface area contributed by atoms with Crippen molar-refractivity contribution in [2.45, 2.75) is 13.3 Å². The summed E-state index contributed by atoms with van der Waals surface area (Å²) in [6.45, 7) is 3.27. The zero-order valence-electron chi connectivity index (χ0n) is 11.6. The van der Waals surface area contributed by atoms with E-state index in [9.17, 15) is 4.79 Å². The Labute approximate surface area is 125 Å². The first kappa shape index (κ1) is 14.7. The fourth-order valence-corrected chi connectivity index (χ4v) is 2.60. The van der Waals surface area contributed by atoms with Crippen molar-refractivity contribution >= 4 is 38.8 Å². The Hall–Kier alpha value is -1.70. The summed E-state index contributed by atoms with van der Waals surface area (Å²) in [5.41, 5.74) is 0.749. The number of halogens is 1. The number of hydrogen-bond donors (Lipinski definition) is 0. The van der Waals surface area contributed by atoms with E-state index in [1.54, 1.807) is 4.68 Å². The maximum Gasteiger partial charge on any atom is 0.307 e. The highest BCUT2D eigenvalue weighted by Crippen LogP contribution is 2.29. The van der Waals surface area contributed by atoms with Gasteiger partial charge in [-0.25, -0.2) is 14.6 Å². The van der Waals surface area contributed by atoms with Crippen LogP contribution in [0.5, 0.6) is 0 Å². The van der Waals surface area contributed by atoms with Gasteiger partial charge in [-0.15, -0.1) is 0 Å². The average Bonchev–Trinajstić information content (AvgIpc) is 2.75. The third kappa shape index (κ3) is 2.74. The molecule has 2 heterocycles. The number of hydrogen-bond acceptors (Lipinski definition) is 6. The maximum atomic E-state index is 11.3. The number of aryl methyl sites for hydroxylation is 1. The van der Waals surface area contributed by atoms with Crippen molar-refractivity contribution in [2.24, 2.45) is 7.05 Å². The first-order valence-electron chi connectivity index (χ1n) is 6.23. The fraction of sp³-hybridized carbons (Fsp3) is 0.500. The maximum absolute atomic E-state index is 11.3. The molecule has 20 heavy (non-hydrogen) atoms. The van der Waals surface area contributed by atoms with Crippen LogP contribution >= 0.6 is 15.9 Å². The van der Waals surface area contributed by atoms with Gasteiger partial charge in [-0.2, -0.15) is 5.10 Å². The summed E-state index contributed by atoms with van der Waals surface area (Å²) >= 11 is 3.43. The first-order chi connectivity index (χ1) is 9.58. The van der Waals surface area contributed by atoms with E-state index in [0.29, 0.717) is 17.6 Å². The van der Waals surface area contributed by atoms with Crippen LogP contribution < -0.4 is 4.90 Å². The molecule has 7 nitrogen and oxygen atoms in total. The lowest BCUT2D eigenvalue weighted by molar-refractivity contribution is -0.140.